The number of hydrogen-bond donors (Lipinski definition) is 0. The highest BCUT2D eigenvalue weighted by atomic mass is 19.4. The van der Waals surface area contributed by atoms with Gasteiger partial charge in [0.05, 0.1) is 24.2 Å². The highest BCUT2D eigenvalue weighted by Crippen LogP contribution is 2.38. The Balaban J connectivity index is 1.62. The van der Waals surface area contributed by atoms with Crippen LogP contribution in [0.4, 0.5) is 13.2 Å². The van der Waals surface area contributed by atoms with E-state index < -0.39 is 17.8 Å². The largest absolute Gasteiger partial charge is 0.463 e. The first-order valence-corrected chi connectivity index (χ1v) is 10.6. The highest BCUT2D eigenvalue weighted by molar-refractivity contribution is 6.00. The monoisotopic (exact) mass is 459 g/mol. The topological polar surface area (TPSA) is 89.7 Å². The molecule has 0 saturated carbocycles. The van der Waals surface area contributed by atoms with Gasteiger partial charge in [0.1, 0.15) is 17.0 Å². The summed E-state index contributed by atoms with van der Waals surface area (Å²) in [5.41, 5.74) is 0.307. The second-order valence-corrected chi connectivity index (χ2v) is 7.91. The van der Waals surface area contributed by atoms with Crippen LogP contribution in [0, 0.1) is 6.92 Å². The van der Waals surface area contributed by atoms with Crippen LogP contribution in [-0.2, 0) is 12.6 Å². The van der Waals surface area contributed by atoms with Crippen molar-refractivity contribution in [2.45, 2.75) is 45.3 Å². The van der Waals surface area contributed by atoms with E-state index in [-0.39, 0.29) is 28.7 Å². The van der Waals surface area contributed by atoms with Crippen LogP contribution in [0.2, 0.25) is 0 Å². The van der Waals surface area contributed by atoms with E-state index >= 15 is 0 Å². The Morgan fingerprint density at radius 1 is 1.33 bits per heavy atom. The minimum Gasteiger partial charge on any atom is -0.463 e. The minimum atomic E-state index is -4.71. The fourth-order valence-electron chi connectivity index (χ4n) is 4.44. The van der Waals surface area contributed by atoms with Gasteiger partial charge in [-0.2, -0.15) is 18.3 Å². The van der Waals surface area contributed by atoms with Crippen LogP contribution in [0.25, 0.3) is 17.1 Å². The van der Waals surface area contributed by atoms with E-state index in [1.54, 1.807) is 11.0 Å². The molecule has 0 aromatic carbocycles. The summed E-state index contributed by atoms with van der Waals surface area (Å²) in [6.07, 6.45) is -0.142. The lowest BCUT2D eigenvalue weighted by atomic mass is 10.0. The molecule has 0 aliphatic carbocycles. The van der Waals surface area contributed by atoms with Gasteiger partial charge in [-0.15, -0.1) is 0 Å². The molecule has 0 radical (unpaired) electrons. The quantitative estimate of drug-likeness (QED) is 0.434. The molecule has 172 valence electrons. The molecule has 4 aromatic heterocycles. The Morgan fingerprint density at radius 2 is 2.15 bits per heavy atom. The lowest BCUT2D eigenvalue weighted by Gasteiger charge is -2.24. The Kier molecular flexibility index (Phi) is 4.98. The van der Waals surface area contributed by atoms with Crippen LogP contribution in [0.5, 0.6) is 0 Å². The van der Waals surface area contributed by atoms with Crippen molar-refractivity contribution < 1.29 is 26.9 Å². The summed E-state index contributed by atoms with van der Waals surface area (Å²) >= 11 is 0. The maximum absolute atomic E-state index is 13.8. The van der Waals surface area contributed by atoms with E-state index in [0.717, 1.165) is 24.2 Å². The van der Waals surface area contributed by atoms with Crippen molar-refractivity contribution >= 4 is 11.6 Å². The Bertz CT molecular complexity index is 1320. The third kappa shape index (κ3) is 3.47. The van der Waals surface area contributed by atoms with Gasteiger partial charge in [-0.05, 0) is 38.0 Å². The van der Waals surface area contributed by atoms with E-state index in [2.05, 4.69) is 15.2 Å². The van der Waals surface area contributed by atoms with Crippen LogP contribution >= 0.6 is 0 Å². The molecule has 11 heteroatoms. The molecular weight excluding hydrogens is 439 g/mol. The molecular formula is C22H20F3N5O3. The van der Waals surface area contributed by atoms with Gasteiger partial charge < -0.3 is 13.8 Å². The predicted molar refractivity (Wildman–Crippen MR) is 109 cm³/mol. The molecule has 33 heavy (non-hydrogen) atoms. The number of carbonyl (C=O) groups excluding carboxylic acids is 1. The maximum atomic E-state index is 13.8. The number of aromatic nitrogens is 4. The summed E-state index contributed by atoms with van der Waals surface area (Å²) in [6, 6.07) is 3.65. The molecule has 0 spiro atoms. The van der Waals surface area contributed by atoms with Crippen LogP contribution in [0.3, 0.4) is 0 Å². The predicted octanol–water partition coefficient (Wildman–Crippen LogP) is 4.84. The third-order valence-corrected chi connectivity index (χ3v) is 5.92. The molecule has 0 N–H and O–H groups in total. The number of halogens is 3. The zero-order valence-corrected chi connectivity index (χ0v) is 17.9. The number of fused-ring (bicyclic) bond motifs is 1. The van der Waals surface area contributed by atoms with Crippen molar-refractivity contribution in [3.05, 3.63) is 58.9 Å². The van der Waals surface area contributed by atoms with Gasteiger partial charge in [-0.3, -0.25) is 4.79 Å². The summed E-state index contributed by atoms with van der Waals surface area (Å²) in [5, 5.41) is 7.90. The van der Waals surface area contributed by atoms with Crippen molar-refractivity contribution in [2.24, 2.45) is 0 Å². The first kappa shape index (κ1) is 21.2. The molecule has 4 aromatic rings. The normalized spacial score (nSPS) is 16.8. The smallest absolute Gasteiger partial charge is 0.433 e. The fraction of sp³-hybridized carbons (Fsp3) is 0.364. The zero-order chi connectivity index (χ0) is 23.3. The minimum absolute atomic E-state index is 0.00652. The van der Waals surface area contributed by atoms with Crippen LogP contribution < -0.4 is 0 Å². The fourth-order valence-corrected chi connectivity index (χ4v) is 4.44. The van der Waals surface area contributed by atoms with Crippen molar-refractivity contribution in [3.8, 4) is 11.5 Å². The number of carbonyl (C=O) groups is 1. The lowest BCUT2D eigenvalue weighted by molar-refractivity contribution is -0.142. The van der Waals surface area contributed by atoms with E-state index in [1.165, 1.54) is 12.3 Å². The number of rotatable bonds is 4. The molecule has 8 nitrogen and oxygen atoms in total. The SMILES string of the molecule is CCc1onc(C)c1[C@H]1CCCN1C(=O)c1cnn2c(C(F)(F)F)cc(-c3ccco3)nc12. The van der Waals surface area contributed by atoms with E-state index in [0.29, 0.717) is 35.4 Å². The molecule has 1 aliphatic heterocycles. The molecule has 0 bridgehead atoms. The molecule has 5 heterocycles. The summed E-state index contributed by atoms with van der Waals surface area (Å²) < 4.78 is 52.7. The van der Waals surface area contributed by atoms with Crippen molar-refractivity contribution in [2.75, 3.05) is 6.54 Å². The molecule has 1 saturated heterocycles. The number of likely N-dealkylation sites (tertiary alicyclic amines) is 1. The maximum Gasteiger partial charge on any atom is 0.433 e. The van der Waals surface area contributed by atoms with E-state index in [4.69, 9.17) is 8.94 Å². The second-order valence-electron chi connectivity index (χ2n) is 7.91. The van der Waals surface area contributed by atoms with Crippen LogP contribution in [0.1, 0.15) is 58.9 Å². The van der Waals surface area contributed by atoms with E-state index in [9.17, 15) is 18.0 Å². The van der Waals surface area contributed by atoms with Gasteiger partial charge in [0.2, 0.25) is 0 Å². The van der Waals surface area contributed by atoms with E-state index in [1.807, 2.05) is 13.8 Å². The number of aryl methyl sites for hydroxylation is 2. The number of amides is 1. The Labute approximate surface area is 186 Å². The van der Waals surface area contributed by atoms with Gasteiger partial charge in [0.15, 0.2) is 17.1 Å². The van der Waals surface area contributed by atoms with Gasteiger partial charge in [-0.25, -0.2) is 9.50 Å². The molecule has 1 aliphatic rings. The Hall–Kier alpha value is -3.63. The first-order valence-electron chi connectivity index (χ1n) is 10.6. The third-order valence-electron chi connectivity index (χ3n) is 5.92. The van der Waals surface area contributed by atoms with Crippen LogP contribution in [0.15, 0.2) is 39.6 Å². The number of hydrogen-bond acceptors (Lipinski definition) is 6. The molecule has 1 fully saturated rings. The first-order chi connectivity index (χ1) is 15.8. The molecule has 5 rings (SSSR count). The highest BCUT2D eigenvalue weighted by Gasteiger charge is 2.39. The van der Waals surface area contributed by atoms with Crippen molar-refractivity contribution in [1.29, 1.82) is 0 Å². The van der Waals surface area contributed by atoms with Gasteiger partial charge in [0, 0.05) is 18.5 Å². The lowest BCUT2D eigenvalue weighted by Crippen LogP contribution is -2.31. The number of alkyl halides is 3. The van der Waals surface area contributed by atoms with Gasteiger partial charge >= 0.3 is 6.18 Å². The van der Waals surface area contributed by atoms with Crippen molar-refractivity contribution in [1.82, 2.24) is 24.7 Å². The van der Waals surface area contributed by atoms with Gasteiger partial charge in [0.25, 0.3) is 5.91 Å². The number of furan rings is 1. The summed E-state index contributed by atoms with van der Waals surface area (Å²) in [4.78, 5) is 19.5. The average Bonchev–Trinajstić information content (AvgIpc) is 3.57. The van der Waals surface area contributed by atoms with Gasteiger partial charge in [-0.1, -0.05) is 12.1 Å². The second kappa shape index (κ2) is 7.75. The average molecular weight is 459 g/mol. The summed E-state index contributed by atoms with van der Waals surface area (Å²) in [5.74, 6) is 0.427. The molecule has 0 unspecified atom stereocenters. The van der Waals surface area contributed by atoms with Crippen molar-refractivity contribution in [3.63, 3.8) is 0 Å². The number of nitrogens with zero attached hydrogens (tertiary/aromatic N) is 5. The summed E-state index contributed by atoms with van der Waals surface area (Å²) in [6.45, 7) is 4.22. The summed E-state index contributed by atoms with van der Waals surface area (Å²) in [7, 11) is 0. The molecule has 1 amide bonds. The Morgan fingerprint density at radius 3 is 2.85 bits per heavy atom. The standard InChI is InChI=1S/C22H20F3N5O3/c1-3-16-19(12(2)28-33-16)15-6-4-8-29(15)21(31)13-11-26-30-18(22(23,24)25)10-14(27-20(13)30)17-7-5-9-32-17/h5,7,9-11,15H,3-4,6,8H2,1-2H3/t15-/m1/s1. The molecule has 1 atom stereocenters. The zero-order valence-electron chi connectivity index (χ0n) is 17.9. The van der Waals surface area contributed by atoms with Crippen LogP contribution in [-0.4, -0.2) is 37.1 Å².